The highest BCUT2D eigenvalue weighted by Crippen LogP contribution is 2.19. The fourth-order valence-electron chi connectivity index (χ4n) is 1.53. The molecule has 1 amide bonds. The quantitative estimate of drug-likeness (QED) is 0.899. The van der Waals surface area contributed by atoms with Crippen molar-refractivity contribution in [1.29, 1.82) is 0 Å². The highest BCUT2D eigenvalue weighted by atomic mass is 32.1. The number of hydrogen-bond donors (Lipinski definition) is 1. The van der Waals surface area contributed by atoms with E-state index in [1.54, 1.807) is 35.6 Å². The van der Waals surface area contributed by atoms with Crippen LogP contribution < -0.4 is 10.5 Å². The summed E-state index contributed by atoms with van der Waals surface area (Å²) < 4.78 is 5.59. The molecule has 1 aromatic carbocycles. The minimum atomic E-state index is -0.488. The number of rotatable bonds is 5. The number of ether oxygens (including phenoxy) is 1. The van der Waals surface area contributed by atoms with E-state index in [9.17, 15) is 4.79 Å². The summed E-state index contributed by atoms with van der Waals surface area (Å²) in [7, 11) is 0. The topological polar surface area (TPSA) is 65.2 Å². The molecule has 2 N–H and O–H groups in total. The molecule has 0 aliphatic rings. The molecule has 0 radical (unpaired) electrons. The molecule has 0 spiro atoms. The summed E-state index contributed by atoms with van der Waals surface area (Å²) in [6.07, 6.45) is 0.919. The monoisotopic (exact) mass is 262 g/mol. The van der Waals surface area contributed by atoms with E-state index < -0.39 is 5.91 Å². The van der Waals surface area contributed by atoms with Gasteiger partial charge in [0, 0.05) is 5.38 Å². The molecular weight excluding hydrogens is 248 g/mol. The van der Waals surface area contributed by atoms with Gasteiger partial charge in [0.2, 0.25) is 0 Å². The Morgan fingerprint density at radius 2 is 2.22 bits per heavy atom. The third kappa shape index (κ3) is 2.87. The molecule has 94 valence electrons. The molecule has 0 aliphatic carbocycles. The molecule has 0 atom stereocenters. The van der Waals surface area contributed by atoms with E-state index in [-0.39, 0.29) is 0 Å². The minimum absolute atomic E-state index is 0.348. The Labute approximate surface area is 109 Å². The zero-order valence-electron chi connectivity index (χ0n) is 10.1. The third-order valence-electron chi connectivity index (χ3n) is 2.43. The Bertz CT molecular complexity index is 551. The lowest BCUT2D eigenvalue weighted by Gasteiger charge is -2.07. The largest absolute Gasteiger partial charge is 0.486 e. The number of nitrogens with zero attached hydrogens (tertiary/aromatic N) is 1. The first kappa shape index (κ1) is 12.6. The number of para-hydroxylation sites is 1. The fraction of sp³-hybridized carbons (Fsp3) is 0.231. The van der Waals surface area contributed by atoms with Crippen LogP contribution in [0, 0.1) is 0 Å². The van der Waals surface area contributed by atoms with Gasteiger partial charge in [-0.2, -0.15) is 0 Å². The Balaban J connectivity index is 2.08. The highest BCUT2D eigenvalue weighted by molar-refractivity contribution is 7.09. The van der Waals surface area contributed by atoms with Crippen LogP contribution in [0.2, 0.25) is 0 Å². The van der Waals surface area contributed by atoms with Crippen LogP contribution in [-0.2, 0) is 13.0 Å². The van der Waals surface area contributed by atoms with Crippen molar-refractivity contribution in [2.45, 2.75) is 20.0 Å². The number of aromatic nitrogens is 1. The normalized spacial score (nSPS) is 10.3. The van der Waals surface area contributed by atoms with Gasteiger partial charge < -0.3 is 10.5 Å². The lowest BCUT2D eigenvalue weighted by atomic mass is 10.2. The van der Waals surface area contributed by atoms with Crippen molar-refractivity contribution in [3.05, 3.63) is 45.9 Å². The lowest BCUT2D eigenvalue weighted by Crippen LogP contribution is -2.12. The summed E-state index contributed by atoms with van der Waals surface area (Å²) in [6, 6.07) is 6.94. The number of thiazole rings is 1. The molecule has 4 nitrogen and oxygen atoms in total. The van der Waals surface area contributed by atoms with E-state index in [0.717, 1.165) is 17.1 Å². The Morgan fingerprint density at radius 1 is 1.44 bits per heavy atom. The third-order valence-corrected chi connectivity index (χ3v) is 3.47. The van der Waals surface area contributed by atoms with Gasteiger partial charge in [0.05, 0.1) is 16.3 Å². The minimum Gasteiger partial charge on any atom is -0.486 e. The summed E-state index contributed by atoms with van der Waals surface area (Å²) in [4.78, 5) is 15.6. The van der Waals surface area contributed by atoms with E-state index in [4.69, 9.17) is 10.5 Å². The standard InChI is InChI=1S/C13H14N2O2S/c1-2-12-15-9(8-18-12)7-17-11-6-4-3-5-10(11)13(14)16/h3-6,8H,2,7H2,1H3,(H2,14,16). The van der Waals surface area contributed by atoms with E-state index in [1.807, 2.05) is 5.38 Å². The van der Waals surface area contributed by atoms with Gasteiger partial charge in [-0.15, -0.1) is 11.3 Å². The maximum absolute atomic E-state index is 11.2. The molecule has 5 heteroatoms. The summed E-state index contributed by atoms with van der Waals surface area (Å²) in [5.41, 5.74) is 6.54. The van der Waals surface area contributed by atoms with Gasteiger partial charge in [0.25, 0.3) is 5.91 Å². The van der Waals surface area contributed by atoms with Crippen molar-refractivity contribution < 1.29 is 9.53 Å². The molecule has 18 heavy (non-hydrogen) atoms. The molecule has 2 rings (SSSR count). The van der Waals surface area contributed by atoms with Gasteiger partial charge in [-0.05, 0) is 18.6 Å². The predicted molar refractivity (Wildman–Crippen MR) is 70.8 cm³/mol. The number of benzene rings is 1. The van der Waals surface area contributed by atoms with E-state index >= 15 is 0 Å². The fourth-order valence-corrected chi connectivity index (χ4v) is 2.25. The van der Waals surface area contributed by atoms with Crippen molar-refractivity contribution in [3.63, 3.8) is 0 Å². The van der Waals surface area contributed by atoms with Crippen molar-refractivity contribution in [2.24, 2.45) is 5.73 Å². The van der Waals surface area contributed by atoms with Crippen LogP contribution in [0.15, 0.2) is 29.6 Å². The van der Waals surface area contributed by atoms with E-state index in [1.165, 1.54) is 0 Å². The number of hydrogen-bond acceptors (Lipinski definition) is 4. The number of carbonyl (C=O) groups excluding carboxylic acids is 1. The van der Waals surface area contributed by atoms with Gasteiger partial charge >= 0.3 is 0 Å². The van der Waals surface area contributed by atoms with Crippen molar-refractivity contribution in [2.75, 3.05) is 0 Å². The number of aryl methyl sites for hydroxylation is 1. The van der Waals surface area contributed by atoms with Crippen LogP contribution in [0.25, 0.3) is 0 Å². The van der Waals surface area contributed by atoms with Crippen LogP contribution in [0.3, 0.4) is 0 Å². The van der Waals surface area contributed by atoms with Gasteiger partial charge in [0.15, 0.2) is 0 Å². The van der Waals surface area contributed by atoms with E-state index in [0.29, 0.717) is 17.9 Å². The van der Waals surface area contributed by atoms with Gasteiger partial charge in [-0.1, -0.05) is 19.1 Å². The highest BCUT2D eigenvalue weighted by Gasteiger charge is 2.09. The maximum Gasteiger partial charge on any atom is 0.252 e. The Morgan fingerprint density at radius 3 is 2.89 bits per heavy atom. The first-order chi connectivity index (χ1) is 8.70. The second-order valence-corrected chi connectivity index (χ2v) is 4.68. The first-order valence-electron chi connectivity index (χ1n) is 5.65. The van der Waals surface area contributed by atoms with Gasteiger partial charge in [-0.3, -0.25) is 4.79 Å². The van der Waals surface area contributed by atoms with Gasteiger partial charge in [0.1, 0.15) is 12.4 Å². The van der Waals surface area contributed by atoms with Crippen molar-refractivity contribution >= 4 is 17.2 Å². The first-order valence-corrected chi connectivity index (χ1v) is 6.53. The molecule has 0 saturated carbocycles. The average Bonchev–Trinajstić information content (AvgIpc) is 2.84. The number of primary amides is 1. The molecule has 2 aromatic rings. The molecule has 1 aromatic heterocycles. The lowest BCUT2D eigenvalue weighted by molar-refractivity contribution is 0.0996. The summed E-state index contributed by atoms with van der Waals surface area (Å²) in [5, 5.41) is 3.04. The molecule has 0 saturated heterocycles. The predicted octanol–water partition coefficient (Wildman–Crippen LogP) is 2.38. The second-order valence-electron chi connectivity index (χ2n) is 3.74. The summed E-state index contributed by atoms with van der Waals surface area (Å²) >= 11 is 1.61. The van der Waals surface area contributed by atoms with Crippen LogP contribution in [0.4, 0.5) is 0 Å². The van der Waals surface area contributed by atoms with Crippen LogP contribution in [0.5, 0.6) is 5.75 Å². The zero-order chi connectivity index (χ0) is 13.0. The number of carbonyl (C=O) groups is 1. The number of nitrogens with two attached hydrogens (primary N) is 1. The van der Waals surface area contributed by atoms with Crippen LogP contribution in [0.1, 0.15) is 28.0 Å². The van der Waals surface area contributed by atoms with Crippen molar-refractivity contribution in [3.8, 4) is 5.75 Å². The average molecular weight is 262 g/mol. The number of amides is 1. The van der Waals surface area contributed by atoms with Crippen molar-refractivity contribution in [1.82, 2.24) is 4.98 Å². The van der Waals surface area contributed by atoms with E-state index in [2.05, 4.69) is 11.9 Å². The molecule has 0 fully saturated rings. The Hall–Kier alpha value is -1.88. The van der Waals surface area contributed by atoms with Crippen LogP contribution >= 0.6 is 11.3 Å². The zero-order valence-corrected chi connectivity index (χ0v) is 10.9. The molecule has 0 aliphatic heterocycles. The second kappa shape index (κ2) is 5.64. The molecule has 0 bridgehead atoms. The maximum atomic E-state index is 11.2. The summed E-state index contributed by atoms with van der Waals surface area (Å²) in [5.74, 6) is 0.00849. The molecule has 1 heterocycles. The smallest absolute Gasteiger partial charge is 0.252 e. The molecule has 0 unspecified atom stereocenters. The SMILES string of the molecule is CCc1nc(COc2ccccc2C(N)=O)cs1. The van der Waals surface area contributed by atoms with Gasteiger partial charge in [-0.25, -0.2) is 4.98 Å². The Kier molecular flexibility index (Phi) is 3.94. The summed E-state index contributed by atoms with van der Waals surface area (Å²) in [6.45, 7) is 2.41. The van der Waals surface area contributed by atoms with Crippen LogP contribution in [-0.4, -0.2) is 10.9 Å². The molecular formula is C13H14N2O2S.